The minimum absolute atomic E-state index is 0.335. The first kappa shape index (κ1) is 16.0. The van der Waals surface area contributed by atoms with Gasteiger partial charge >= 0.3 is 5.97 Å². The van der Waals surface area contributed by atoms with Crippen molar-refractivity contribution >= 4 is 35.2 Å². The van der Waals surface area contributed by atoms with E-state index in [1.807, 2.05) is 0 Å². The van der Waals surface area contributed by atoms with Crippen LogP contribution in [0.2, 0.25) is 5.02 Å². The number of hydrogen-bond acceptors (Lipinski definition) is 4. The topological polar surface area (TPSA) is 55.4 Å². The van der Waals surface area contributed by atoms with Gasteiger partial charge in [-0.3, -0.25) is 4.79 Å². The Morgan fingerprint density at radius 2 is 2.14 bits per heavy atom. The Labute approximate surface area is 129 Å². The molecule has 1 atom stereocenters. The first-order chi connectivity index (χ1) is 9.91. The van der Waals surface area contributed by atoms with Crippen molar-refractivity contribution in [1.29, 1.82) is 0 Å². The van der Waals surface area contributed by atoms with Crippen molar-refractivity contribution in [3.8, 4) is 0 Å². The Balaban J connectivity index is 2.28. The number of amides is 1. The van der Waals surface area contributed by atoms with Gasteiger partial charge in [-0.05, 0) is 24.3 Å². The lowest BCUT2D eigenvalue weighted by Gasteiger charge is -2.26. The zero-order valence-corrected chi connectivity index (χ0v) is 12.6. The molecule has 1 fully saturated rings. The van der Waals surface area contributed by atoms with Crippen molar-refractivity contribution in [2.75, 3.05) is 18.6 Å². The van der Waals surface area contributed by atoms with Gasteiger partial charge in [0.2, 0.25) is 0 Å². The number of rotatable bonds is 3. The van der Waals surface area contributed by atoms with Gasteiger partial charge in [-0.15, -0.1) is 0 Å². The molecule has 1 heterocycles. The van der Waals surface area contributed by atoms with E-state index in [1.54, 1.807) is 0 Å². The van der Waals surface area contributed by atoms with Gasteiger partial charge in [0.15, 0.2) is 5.82 Å². The van der Waals surface area contributed by atoms with Gasteiger partial charge in [0.25, 0.3) is 5.91 Å². The highest BCUT2D eigenvalue weighted by molar-refractivity contribution is 7.99. The lowest BCUT2D eigenvalue weighted by Crippen LogP contribution is -2.55. The van der Waals surface area contributed by atoms with E-state index in [2.05, 4.69) is 5.32 Å². The summed E-state index contributed by atoms with van der Waals surface area (Å²) in [6, 6.07) is 1.88. The average Bonchev–Trinajstić information content (AvgIpc) is 2.93. The Morgan fingerprint density at radius 1 is 1.43 bits per heavy atom. The number of esters is 1. The molecule has 21 heavy (non-hydrogen) atoms. The van der Waals surface area contributed by atoms with Crippen molar-refractivity contribution in [3.63, 3.8) is 0 Å². The van der Waals surface area contributed by atoms with Gasteiger partial charge in [-0.25, -0.2) is 13.6 Å². The highest BCUT2D eigenvalue weighted by Crippen LogP contribution is 2.30. The van der Waals surface area contributed by atoms with Crippen LogP contribution in [0.15, 0.2) is 12.1 Å². The number of thioether (sulfide) groups is 1. The minimum Gasteiger partial charge on any atom is -0.467 e. The van der Waals surface area contributed by atoms with E-state index in [9.17, 15) is 18.4 Å². The molecule has 1 aliphatic rings. The van der Waals surface area contributed by atoms with Gasteiger partial charge < -0.3 is 10.1 Å². The highest BCUT2D eigenvalue weighted by Gasteiger charge is 2.44. The smallest absolute Gasteiger partial charge is 0.332 e. The molecule has 0 aliphatic carbocycles. The molecule has 0 saturated carbocycles. The normalized spacial score (nSPS) is 21.1. The molecule has 0 bridgehead atoms. The number of carbonyl (C=O) groups excluding carboxylic acids is 2. The van der Waals surface area contributed by atoms with Gasteiger partial charge in [-0.1, -0.05) is 11.6 Å². The zero-order chi connectivity index (χ0) is 15.6. The fraction of sp³-hybridized carbons (Fsp3) is 0.385. The fourth-order valence-corrected chi connectivity index (χ4v) is 3.54. The maximum absolute atomic E-state index is 13.8. The van der Waals surface area contributed by atoms with Crippen molar-refractivity contribution in [2.45, 2.75) is 12.0 Å². The molecule has 1 aromatic carbocycles. The second kappa shape index (κ2) is 6.19. The standard InChI is InChI=1S/C13H12ClF2NO3S/c1-20-12(19)13(4-5-21-6-13)17-11(18)7-2-3-8(15)9(14)10(7)16/h2-3H,4-6H2,1H3,(H,17,18). The van der Waals surface area contributed by atoms with E-state index in [1.165, 1.54) is 18.9 Å². The maximum atomic E-state index is 13.8. The number of ether oxygens (including phenoxy) is 1. The third kappa shape index (κ3) is 2.98. The van der Waals surface area contributed by atoms with Crippen LogP contribution in [0.3, 0.4) is 0 Å². The molecule has 1 N–H and O–H groups in total. The molecule has 4 nitrogen and oxygen atoms in total. The summed E-state index contributed by atoms with van der Waals surface area (Å²) in [5.41, 5.74) is -1.61. The lowest BCUT2D eigenvalue weighted by molar-refractivity contribution is -0.147. The van der Waals surface area contributed by atoms with E-state index < -0.39 is 39.6 Å². The molecule has 1 aliphatic heterocycles. The van der Waals surface area contributed by atoms with Gasteiger partial charge in [-0.2, -0.15) is 11.8 Å². The SMILES string of the molecule is COC(=O)C1(NC(=O)c2ccc(F)c(Cl)c2F)CCSC1. The summed E-state index contributed by atoms with van der Waals surface area (Å²) in [5, 5.41) is 1.74. The predicted molar refractivity (Wildman–Crippen MR) is 75.5 cm³/mol. The molecule has 114 valence electrons. The minimum atomic E-state index is -1.19. The predicted octanol–water partition coefficient (Wildman–Crippen LogP) is 2.40. The second-order valence-electron chi connectivity index (χ2n) is 4.55. The van der Waals surface area contributed by atoms with Crippen LogP contribution in [0.1, 0.15) is 16.8 Å². The van der Waals surface area contributed by atoms with E-state index in [4.69, 9.17) is 16.3 Å². The molecule has 2 rings (SSSR count). The van der Waals surface area contributed by atoms with Crippen LogP contribution in [0.25, 0.3) is 0 Å². The van der Waals surface area contributed by atoms with Crippen LogP contribution in [0, 0.1) is 11.6 Å². The van der Waals surface area contributed by atoms with E-state index in [-0.39, 0.29) is 0 Å². The number of benzene rings is 1. The van der Waals surface area contributed by atoms with Crippen LogP contribution in [-0.4, -0.2) is 36.0 Å². The number of hydrogen-bond donors (Lipinski definition) is 1. The van der Waals surface area contributed by atoms with E-state index >= 15 is 0 Å². The molecule has 0 radical (unpaired) electrons. The molecule has 1 unspecified atom stereocenters. The molecule has 8 heteroatoms. The monoisotopic (exact) mass is 335 g/mol. The summed E-state index contributed by atoms with van der Waals surface area (Å²) in [6.07, 6.45) is 0.382. The van der Waals surface area contributed by atoms with Crippen molar-refractivity contribution in [1.82, 2.24) is 5.32 Å². The number of carbonyl (C=O) groups is 2. The van der Waals surface area contributed by atoms with E-state index in [0.717, 1.165) is 12.1 Å². The summed E-state index contributed by atoms with van der Waals surface area (Å²) < 4.78 is 31.6. The first-order valence-corrected chi connectivity index (χ1v) is 7.57. The van der Waals surface area contributed by atoms with Crippen LogP contribution >= 0.6 is 23.4 Å². The molecular weight excluding hydrogens is 324 g/mol. The third-order valence-corrected chi connectivity index (χ3v) is 4.77. The van der Waals surface area contributed by atoms with Crippen LogP contribution in [0.4, 0.5) is 8.78 Å². The summed E-state index contributed by atoms with van der Waals surface area (Å²) >= 11 is 6.92. The maximum Gasteiger partial charge on any atom is 0.332 e. The molecule has 0 spiro atoms. The molecule has 0 aromatic heterocycles. The van der Waals surface area contributed by atoms with Crippen LogP contribution in [-0.2, 0) is 9.53 Å². The Hall–Kier alpha value is -1.34. The fourth-order valence-electron chi connectivity index (χ4n) is 2.06. The van der Waals surface area contributed by atoms with Crippen LogP contribution in [0.5, 0.6) is 0 Å². The number of methoxy groups -OCH3 is 1. The number of halogens is 3. The third-order valence-electron chi connectivity index (χ3n) is 3.23. The summed E-state index contributed by atoms with van der Waals surface area (Å²) in [5.74, 6) is -2.52. The summed E-state index contributed by atoms with van der Waals surface area (Å²) in [6.45, 7) is 0. The van der Waals surface area contributed by atoms with E-state index in [0.29, 0.717) is 17.9 Å². The molecule has 1 saturated heterocycles. The summed E-state index contributed by atoms with van der Waals surface area (Å²) in [7, 11) is 1.22. The van der Waals surface area contributed by atoms with Gasteiger partial charge in [0.05, 0.1) is 12.7 Å². The van der Waals surface area contributed by atoms with Crippen LogP contribution < -0.4 is 5.32 Å². The van der Waals surface area contributed by atoms with Crippen molar-refractivity contribution in [3.05, 3.63) is 34.4 Å². The molecule has 1 aromatic rings. The average molecular weight is 336 g/mol. The zero-order valence-electron chi connectivity index (χ0n) is 11.0. The first-order valence-electron chi connectivity index (χ1n) is 6.03. The largest absolute Gasteiger partial charge is 0.467 e. The Bertz CT molecular complexity index is 591. The number of nitrogens with one attached hydrogen (secondary N) is 1. The summed E-state index contributed by atoms with van der Waals surface area (Å²) in [4.78, 5) is 24.0. The second-order valence-corrected chi connectivity index (χ2v) is 6.04. The van der Waals surface area contributed by atoms with Crippen molar-refractivity contribution < 1.29 is 23.1 Å². The van der Waals surface area contributed by atoms with Crippen molar-refractivity contribution in [2.24, 2.45) is 0 Å². The molecular formula is C13H12ClF2NO3S. The Morgan fingerprint density at radius 3 is 2.71 bits per heavy atom. The Kier molecular flexibility index (Phi) is 4.73. The van der Waals surface area contributed by atoms with Gasteiger partial charge in [0.1, 0.15) is 16.4 Å². The quantitative estimate of drug-likeness (QED) is 0.681. The lowest BCUT2D eigenvalue weighted by atomic mass is 9.98. The van der Waals surface area contributed by atoms with Gasteiger partial charge in [0, 0.05) is 5.75 Å². The highest BCUT2D eigenvalue weighted by atomic mass is 35.5. The molecule has 1 amide bonds.